The topological polar surface area (TPSA) is 38.3 Å². The normalized spacial score (nSPS) is 10.2. The van der Waals surface area contributed by atoms with Crippen LogP contribution in [0.2, 0.25) is 5.02 Å². The van der Waals surface area contributed by atoms with E-state index < -0.39 is 6.09 Å². The fourth-order valence-corrected chi connectivity index (χ4v) is 2.19. The van der Waals surface area contributed by atoms with Crippen molar-refractivity contribution in [3.05, 3.63) is 58.1 Å². The van der Waals surface area contributed by atoms with Gasteiger partial charge in [-0.25, -0.2) is 4.79 Å². The summed E-state index contributed by atoms with van der Waals surface area (Å²) in [5, 5.41) is 3.39. The van der Waals surface area contributed by atoms with Crippen LogP contribution >= 0.6 is 11.6 Å². The van der Waals surface area contributed by atoms with Crippen molar-refractivity contribution in [2.45, 2.75) is 20.8 Å². The molecule has 20 heavy (non-hydrogen) atoms. The van der Waals surface area contributed by atoms with Crippen molar-refractivity contribution in [3.63, 3.8) is 0 Å². The maximum Gasteiger partial charge on any atom is 0.417 e. The molecule has 0 aliphatic rings. The van der Waals surface area contributed by atoms with Crippen molar-refractivity contribution in [3.8, 4) is 5.75 Å². The highest BCUT2D eigenvalue weighted by atomic mass is 35.5. The largest absolute Gasteiger partial charge is 0.417 e. The van der Waals surface area contributed by atoms with Crippen LogP contribution in [-0.4, -0.2) is 6.09 Å². The third-order valence-corrected chi connectivity index (χ3v) is 3.28. The summed E-state index contributed by atoms with van der Waals surface area (Å²) in [6, 6.07) is 11.0. The summed E-state index contributed by atoms with van der Waals surface area (Å²) in [6.45, 7) is 5.72. The minimum Gasteiger partial charge on any atom is -0.410 e. The van der Waals surface area contributed by atoms with Crippen LogP contribution in [0.15, 0.2) is 36.4 Å². The molecule has 3 nitrogen and oxygen atoms in total. The Balaban J connectivity index is 2.13. The van der Waals surface area contributed by atoms with E-state index in [0.29, 0.717) is 10.8 Å². The average molecular weight is 290 g/mol. The molecule has 0 spiro atoms. The first-order chi connectivity index (χ1) is 9.47. The Bertz CT molecular complexity index is 633. The molecule has 2 aromatic carbocycles. The second kappa shape index (κ2) is 5.97. The number of aryl methyl sites for hydroxylation is 3. The molecule has 0 unspecified atom stereocenters. The SMILES string of the molecule is Cc1cc(Cl)ccc1OC(=O)Nc1c(C)cccc1C. The number of amides is 1. The lowest BCUT2D eigenvalue weighted by atomic mass is 10.1. The first-order valence-corrected chi connectivity index (χ1v) is 6.66. The first-order valence-electron chi connectivity index (χ1n) is 6.28. The van der Waals surface area contributed by atoms with E-state index >= 15 is 0 Å². The van der Waals surface area contributed by atoms with Gasteiger partial charge in [-0.15, -0.1) is 0 Å². The van der Waals surface area contributed by atoms with Gasteiger partial charge in [0.2, 0.25) is 0 Å². The Hall–Kier alpha value is -2.00. The summed E-state index contributed by atoms with van der Waals surface area (Å²) in [6.07, 6.45) is -0.507. The van der Waals surface area contributed by atoms with Crippen molar-refractivity contribution in [2.75, 3.05) is 5.32 Å². The Morgan fingerprint density at radius 2 is 1.70 bits per heavy atom. The molecule has 1 N–H and O–H groups in total. The van der Waals surface area contributed by atoms with E-state index in [2.05, 4.69) is 5.32 Å². The zero-order valence-electron chi connectivity index (χ0n) is 11.7. The van der Waals surface area contributed by atoms with E-state index in [1.54, 1.807) is 18.2 Å². The van der Waals surface area contributed by atoms with Gasteiger partial charge in [0.1, 0.15) is 5.75 Å². The van der Waals surface area contributed by atoms with Gasteiger partial charge in [0.05, 0.1) is 0 Å². The minimum absolute atomic E-state index is 0.498. The summed E-state index contributed by atoms with van der Waals surface area (Å²) >= 11 is 5.87. The average Bonchev–Trinajstić information content (AvgIpc) is 2.37. The molecule has 0 bridgehead atoms. The molecule has 0 heterocycles. The van der Waals surface area contributed by atoms with Gasteiger partial charge in [-0.1, -0.05) is 29.8 Å². The van der Waals surface area contributed by atoms with Crippen LogP contribution in [-0.2, 0) is 0 Å². The molecule has 0 radical (unpaired) electrons. The number of anilines is 1. The van der Waals surface area contributed by atoms with E-state index in [4.69, 9.17) is 16.3 Å². The number of benzene rings is 2. The molecular weight excluding hydrogens is 274 g/mol. The van der Waals surface area contributed by atoms with Gasteiger partial charge < -0.3 is 4.74 Å². The lowest BCUT2D eigenvalue weighted by Crippen LogP contribution is -2.18. The molecule has 0 atom stereocenters. The Morgan fingerprint density at radius 3 is 2.30 bits per heavy atom. The van der Waals surface area contributed by atoms with E-state index in [1.165, 1.54) is 0 Å². The molecule has 0 aliphatic carbocycles. The third kappa shape index (κ3) is 3.31. The van der Waals surface area contributed by atoms with E-state index in [9.17, 15) is 4.79 Å². The molecule has 0 saturated heterocycles. The second-order valence-corrected chi connectivity index (χ2v) is 5.13. The van der Waals surface area contributed by atoms with Gasteiger partial charge in [-0.2, -0.15) is 0 Å². The molecule has 0 aliphatic heterocycles. The number of hydrogen-bond donors (Lipinski definition) is 1. The highest BCUT2D eigenvalue weighted by Gasteiger charge is 2.10. The van der Waals surface area contributed by atoms with Crippen LogP contribution in [0.5, 0.6) is 5.75 Å². The van der Waals surface area contributed by atoms with Gasteiger partial charge in [-0.3, -0.25) is 5.32 Å². The van der Waals surface area contributed by atoms with Crippen LogP contribution in [0, 0.1) is 20.8 Å². The molecule has 4 heteroatoms. The van der Waals surface area contributed by atoms with Crippen LogP contribution in [0.4, 0.5) is 10.5 Å². The van der Waals surface area contributed by atoms with Gasteiger partial charge in [0.15, 0.2) is 0 Å². The van der Waals surface area contributed by atoms with Gasteiger partial charge >= 0.3 is 6.09 Å². The Labute approximate surface area is 123 Å². The zero-order chi connectivity index (χ0) is 14.7. The second-order valence-electron chi connectivity index (χ2n) is 4.69. The summed E-state index contributed by atoms with van der Waals surface area (Å²) in [5.74, 6) is 0.498. The van der Waals surface area contributed by atoms with Crippen molar-refractivity contribution in [1.82, 2.24) is 0 Å². The standard InChI is InChI=1S/C16H16ClNO2/c1-10-5-4-6-11(2)15(10)18-16(19)20-14-8-7-13(17)9-12(14)3/h4-9H,1-3H3,(H,18,19). The van der Waals surface area contributed by atoms with Crippen molar-refractivity contribution < 1.29 is 9.53 Å². The highest BCUT2D eigenvalue weighted by molar-refractivity contribution is 6.30. The van der Waals surface area contributed by atoms with Crippen molar-refractivity contribution in [2.24, 2.45) is 0 Å². The third-order valence-electron chi connectivity index (χ3n) is 3.05. The molecule has 104 valence electrons. The summed E-state index contributed by atoms with van der Waals surface area (Å²) in [5.41, 5.74) is 3.59. The van der Waals surface area contributed by atoms with E-state index in [-0.39, 0.29) is 0 Å². The van der Waals surface area contributed by atoms with Crippen molar-refractivity contribution >= 4 is 23.4 Å². The molecule has 2 rings (SSSR count). The fourth-order valence-electron chi connectivity index (χ4n) is 1.97. The van der Waals surface area contributed by atoms with Crippen LogP contribution in [0.25, 0.3) is 0 Å². The number of nitrogens with one attached hydrogen (secondary N) is 1. The lowest BCUT2D eigenvalue weighted by molar-refractivity contribution is 0.215. The Morgan fingerprint density at radius 1 is 1.05 bits per heavy atom. The number of carbonyl (C=O) groups excluding carboxylic acids is 1. The maximum absolute atomic E-state index is 12.0. The maximum atomic E-state index is 12.0. The fraction of sp³-hybridized carbons (Fsp3) is 0.188. The number of para-hydroxylation sites is 1. The number of rotatable bonds is 2. The zero-order valence-corrected chi connectivity index (χ0v) is 12.4. The quantitative estimate of drug-likeness (QED) is 0.856. The number of hydrogen-bond acceptors (Lipinski definition) is 2. The predicted octanol–water partition coefficient (Wildman–Crippen LogP) is 4.88. The monoisotopic (exact) mass is 289 g/mol. The van der Waals surface area contributed by atoms with Crippen LogP contribution < -0.4 is 10.1 Å². The molecule has 0 aromatic heterocycles. The molecule has 2 aromatic rings. The van der Waals surface area contributed by atoms with Gasteiger partial charge in [-0.05, 0) is 55.7 Å². The minimum atomic E-state index is -0.507. The van der Waals surface area contributed by atoms with Gasteiger partial charge in [0, 0.05) is 10.7 Å². The number of carbonyl (C=O) groups is 1. The highest BCUT2D eigenvalue weighted by Crippen LogP contribution is 2.23. The molecule has 0 saturated carbocycles. The number of halogens is 1. The number of ether oxygens (including phenoxy) is 1. The molecule has 0 fully saturated rings. The van der Waals surface area contributed by atoms with E-state index in [0.717, 1.165) is 22.4 Å². The van der Waals surface area contributed by atoms with Crippen molar-refractivity contribution in [1.29, 1.82) is 0 Å². The first kappa shape index (κ1) is 14.4. The lowest BCUT2D eigenvalue weighted by Gasteiger charge is -2.12. The van der Waals surface area contributed by atoms with Gasteiger partial charge in [0.25, 0.3) is 0 Å². The summed E-state index contributed by atoms with van der Waals surface area (Å²) < 4.78 is 5.31. The van der Waals surface area contributed by atoms with Crippen LogP contribution in [0.1, 0.15) is 16.7 Å². The van der Waals surface area contributed by atoms with Crippen LogP contribution in [0.3, 0.4) is 0 Å². The summed E-state index contributed by atoms with van der Waals surface area (Å²) in [4.78, 5) is 12.0. The predicted molar refractivity (Wildman–Crippen MR) is 81.8 cm³/mol. The molecule has 1 amide bonds. The summed E-state index contributed by atoms with van der Waals surface area (Å²) in [7, 11) is 0. The van der Waals surface area contributed by atoms with E-state index in [1.807, 2.05) is 39.0 Å². The Kier molecular flexibility index (Phi) is 4.30. The smallest absolute Gasteiger partial charge is 0.410 e. The molecular formula is C16H16ClNO2.